The molecule has 0 saturated heterocycles. The van der Waals surface area contributed by atoms with E-state index in [1.54, 1.807) is 0 Å². The Labute approximate surface area is 388 Å². The summed E-state index contributed by atoms with van der Waals surface area (Å²) in [6.45, 7) is 4.78. The fraction of sp³-hybridized carbons (Fsp3) is 0.0476. The lowest BCUT2D eigenvalue weighted by Crippen LogP contribution is -2.16. The second-order valence-electron chi connectivity index (χ2n) is 18.1. The summed E-state index contributed by atoms with van der Waals surface area (Å²) in [6.07, 6.45) is 0. The van der Waals surface area contributed by atoms with Gasteiger partial charge < -0.3 is 9.47 Å². The maximum atomic E-state index is 2.57. The summed E-state index contributed by atoms with van der Waals surface area (Å²) in [5.41, 5.74) is 19.3. The molecule has 0 unspecified atom stereocenters. The zero-order valence-electron chi connectivity index (χ0n) is 36.7. The first-order valence-electron chi connectivity index (χ1n) is 22.8. The van der Waals surface area contributed by atoms with Gasteiger partial charge in [0.2, 0.25) is 0 Å². The Balaban J connectivity index is 1.10. The smallest absolute Gasteiger partial charge is 0.0561 e. The van der Waals surface area contributed by atoms with Crippen LogP contribution in [0.5, 0.6) is 0 Å². The Morgan fingerprint density at radius 1 is 0.394 bits per heavy atom. The summed E-state index contributed by atoms with van der Waals surface area (Å²) in [4.78, 5) is 2.57. The third-order valence-electron chi connectivity index (χ3n) is 14.0. The third kappa shape index (κ3) is 6.01. The molecule has 1 aliphatic carbocycles. The van der Waals surface area contributed by atoms with Crippen LogP contribution in [0.2, 0.25) is 0 Å². The van der Waals surface area contributed by atoms with Crippen molar-refractivity contribution in [2.45, 2.75) is 19.3 Å². The standard InChI is InChI=1S/C63H44N2S/c1-63(2)53-35-30-44(41-17-7-3-8-18-41)38-52(53)61-54(63)25-15-26-56(61)65(57-27-16-28-59-62(57)50-33-29-46(39-60(50)66-59)43-21-11-5-12-22-43)48-32-34-49-51-37-45(42-19-9-4-10-20-42)31-36-55(51)64(58(49)40-48)47-23-13-6-14-24-47/h3-40H,1-2H3. The Morgan fingerprint density at radius 2 is 0.985 bits per heavy atom. The minimum absolute atomic E-state index is 0.198. The molecule has 0 saturated carbocycles. The highest BCUT2D eigenvalue weighted by Gasteiger charge is 2.38. The van der Waals surface area contributed by atoms with E-state index in [9.17, 15) is 0 Å². The molecule has 0 aliphatic heterocycles. The minimum Gasteiger partial charge on any atom is -0.309 e. The molecule has 66 heavy (non-hydrogen) atoms. The number of aromatic nitrogens is 1. The van der Waals surface area contributed by atoms with Gasteiger partial charge in [0.1, 0.15) is 0 Å². The third-order valence-corrected chi connectivity index (χ3v) is 15.1. The van der Waals surface area contributed by atoms with Crippen LogP contribution in [0.4, 0.5) is 17.1 Å². The number of thiophene rings is 1. The maximum absolute atomic E-state index is 2.57. The summed E-state index contributed by atoms with van der Waals surface area (Å²) in [5, 5.41) is 4.99. The lowest BCUT2D eigenvalue weighted by atomic mass is 9.82. The molecule has 0 fully saturated rings. The number of para-hydroxylation sites is 1. The van der Waals surface area contributed by atoms with E-state index >= 15 is 0 Å². The molecule has 0 bridgehead atoms. The predicted molar refractivity (Wildman–Crippen MR) is 282 cm³/mol. The molecule has 2 aromatic heterocycles. The Morgan fingerprint density at radius 3 is 1.70 bits per heavy atom. The first-order chi connectivity index (χ1) is 32.5. The van der Waals surface area contributed by atoms with E-state index in [2.05, 4.69) is 254 Å². The van der Waals surface area contributed by atoms with Gasteiger partial charge in [-0.1, -0.05) is 178 Å². The highest BCUT2D eigenvalue weighted by atomic mass is 32.1. The van der Waals surface area contributed by atoms with Crippen molar-refractivity contribution in [2.75, 3.05) is 4.90 Å². The molecule has 13 rings (SSSR count). The van der Waals surface area contributed by atoms with Crippen molar-refractivity contribution in [3.05, 3.63) is 242 Å². The van der Waals surface area contributed by atoms with Crippen molar-refractivity contribution in [3.8, 4) is 50.2 Å². The van der Waals surface area contributed by atoms with Gasteiger partial charge in [-0.05, 0) is 117 Å². The van der Waals surface area contributed by atoms with Gasteiger partial charge in [-0.15, -0.1) is 11.3 Å². The van der Waals surface area contributed by atoms with E-state index in [4.69, 9.17) is 0 Å². The highest BCUT2D eigenvalue weighted by molar-refractivity contribution is 7.26. The molecule has 312 valence electrons. The van der Waals surface area contributed by atoms with Crippen molar-refractivity contribution < 1.29 is 0 Å². The highest BCUT2D eigenvalue weighted by Crippen LogP contribution is 2.56. The lowest BCUT2D eigenvalue weighted by Gasteiger charge is -2.30. The van der Waals surface area contributed by atoms with Gasteiger partial charge in [-0.2, -0.15) is 0 Å². The fourth-order valence-corrected chi connectivity index (χ4v) is 12.0. The van der Waals surface area contributed by atoms with E-state index in [1.165, 1.54) is 103 Å². The average molecular weight is 861 g/mol. The molecular formula is C63H44N2S. The second-order valence-corrected chi connectivity index (χ2v) is 19.2. The predicted octanol–water partition coefficient (Wildman–Crippen LogP) is 17.9. The van der Waals surface area contributed by atoms with Crippen LogP contribution in [0.1, 0.15) is 25.0 Å². The molecule has 0 N–H and O–H groups in total. The normalized spacial score (nSPS) is 12.8. The van der Waals surface area contributed by atoms with Gasteiger partial charge >= 0.3 is 0 Å². The van der Waals surface area contributed by atoms with Crippen molar-refractivity contribution in [2.24, 2.45) is 0 Å². The van der Waals surface area contributed by atoms with E-state index in [0.717, 1.165) is 17.1 Å². The monoisotopic (exact) mass is 860 g/mol. The van der Waals surface area contributed by atoms with Crippen LogP contribution in [0.25, 0.3) is 92.2 Å². The molecule has 12 aromatic rings. The van der Waals surface area contributed by atoms with Crippen LogP contribution in [0, 0.1) is 0 Å². The number of benzene rings is 10. The maximum Gasteiger partial charge on any atom is 0.0561 e. The zero-order valence-corrected chi connectivity index (χ0v) is 37.6. The van der Waals surface area contributed by atoms with Gasteiger partial charge in [-0.25, -0.2) is 0 Å². The van der Waals surface area contributed by atoms with Crippen LogP contribution < -0.4 is 4.90 Å². The first kappa shape index (κ1) is 38.5. The summed E-state index contributed by atoms with van der Waals surface area (Å²) < 4.78 is 5.00. The van der Waals surface area contributed by atoms with Crippen LogP contribution in [-0.2, 0) is 5.41 Å². The summed E-state index contributed by atoms with van der Waals surface area (Å²) in [5.74, 6) is 0. The molecule has 1 aliphatic rings. The largest absolute Gasteiger partial charge is 0.309 e. The van der Waals surface area contributed by atoms with Crippen LogP contribution >= 0.6 is 11.3 Å². The number of rotatable bonds is 7. The molecule has 0 radical (unpaired) electrons. The SMILES string of the molecule is CC1(C)c2ccc(-c3ccccc3)cc2-c2c(N(c3ccc4c5cc(-c6ccccc6)ccc5n(-c5ccccc5)c4c3)c3cccc4sc5cc(-c6ccccc6)ccc5c34)cccc21. The molecule has 0 amide bonds. The quantitative estimate of drug-likeness (QED) is 0.155. The average Bonchev–Trinajstić information content (AvgIpc) is 3.99. The summed E-state index contributed by atoms with van der Waals surface area (Å²) in [6, 6.07) is 85.2. The molecule has 2 nitrogen and oxygen atoms in total. The number of nitrogens with zero attached hydrogens (tertiary/aromatic N) is 2. The molecule has 0 atom stereocenters. The molecule has 0 spiro atoms. The van der Waals surface area contributed by atoms with Gasteiger partial charge in [0.05, 0.1) is 22.4 Å². The molecule has 10 aromatic carbocycles. The number of anilines is 3. The van der Waals surface area contributed by atoms with Crippen molar-refractivity contribution in [1.29, 1.82) is 0 Å². The summed E-state index contributed by atoms with van der Waals surface area (Å²) >= 11 is 1.88. The van der Waals surface area contributed by atoms with Crippen molar-refractivity contribution in [3.63, 3.8) is 0 Å². The van der Waals surface area contributed by atoms with E-state index in [1.807, 2.05) is 11.3 Å². The van der Waals surface area contributed by atoms with Gasteiger partial charge in [0.15, 0.2) is 0 Å². The topological polar surface area (TPSA) is 8.17 Å². The lowest BCUT2D eigenvalue weighted by molar-refractivity contribution is 0.660. The number of hydrogen-bond acceptors (Lipinski definition) is 2. The number of fused-ring (bicyclic) bond motifs is 9. The van der Waals surface area contributed by atoms with Gasteiger partial charge in [0, 0.05) is 53.3 Å². The number of hydrogen-bond donors (Lipinski definition) is 0. The Kier molecular flexibility index (Phi) is 8.78. The van der Waals surface area contributed by atoms with Crippen molar-refractivity contribution >= 4 is 70.4 Å². The van der Waals surface area contributed by atoms with Crippen LogP contribution in [0.15, 0.2) is 231 Å². The molecule has 2 heterocycles. The van der Waals surface area contributed by atoms with E-state index < -0.39 is 0 Å². The molecule has 3 heteroatoms. The van der Waals surface area contributed by atoms with Crippen LogP contribution in [-0.4, -0.2) is 4.57 Å². The minimum atomic E-state index is -0.198. The van der Waals surface area contributed by atoms with Gasteiger partial charge in [0.25, 0.3) is 0 Å². The molecular weight excluding hydrogens is 817 g/mol. The van der Waals surface area contributed by atoms with E-state index in [-0.39, 0.29) is 5.41 Å². The van der Waals surface area contributed by atoms with Crippen molar-refractivity contribution in [1.82, 2.24) is 4.57 Å². The Hall–Kier alpha value is -7.98. The van der Waals surface area contributed by atoms with E-state index in [0.29, 0.717) is 0 Å². The Bertz CT molecular complexity index is 3830. The summed E-state index contributed by atoms with van der Waals surface area (Å²) in [7, 11) is 0. The fourth-order valence-electron chi connectivity index (χ4n) is 10.8. The van der Waals surface area contributed by atoms with Gasteiger partial charge in [-0.3, -0.25) is 0 Å². The first-order valence-corrected chi connectivity index (χ1v) is 23.6. The van der Waals surface area contributed by atoms with Crippen LogP contribution in [0.3, 0.4) is 0 Å². The second kappa shape index (κ2) is 15.1. The zero-order chi connectivity index (χ0) is 43.9.